The van der Waals surface area contributed by atoms with Crippen molar-refractivity contribution in [2.45, 2.75) is 6.92 Å². The average molecular weight is 459 g/mol. The van der Waals surface area contributed by atoms with E-state index in [1.54, 1.807) is 45.7 Å². The van der Waals surface area contributed by atoms with Crippen LogP contribution in [0.25, 0.3) is 28.5 Å². The highest BCUT2D eigenvalue weighted by Crippen LogP contribution is 2.27. The lowest BCUT2D eigenvalue weighted by molar-refractivity contribution is 0.411. The number of aromatic nitrogens is 6. The maximum atomic E-state index is 12.8. The van der Waals surface area contributed by atoms with Gasteiger partial charge in [0.05, 0.1) is 29.9 Å². The number of rotatable bonds is 5. The molecule has 0 amide bonds. The second-order valence-electron chi connectivity index (χ2n) is 7.34. The molecule has 0 saturated heterocycles. The summed E-state index contributed by atoms with van der Waals surface area (Å²) in [5.74, 6) is 0.588. The first-order valence-corrected chi connectivity index (χ1v) is 10.5. The van der Waals surface area contributed by atoms with Crippen molar-refractivity contribution in [1.29, 1.82) is 0 Å². The predicted octanol–water partition coefficient (Wildman–Crippen LogP) is 4.24. The van der Waals surface area contributed by atoms with E-state index in [9.17, 15) is 4.79 Å². The van der Waals surface area contributed by atoms with E-state index in [1.807, 2.05) is 55.6 Å². The summed E-state index contributed by atoms with van der Waals surface area (Å²) in [6, 6.07) is 18.1. The molecule has 0 radical (unpaired) electrons. The third kappa shape index (κ3) is 3.92. The minimum atomic E-state index is -0.221. The first-order valence-electron chi connectivity index (χ1n) is 10.1. The maximum Gasteiger partial charge on any atom is 0.209 e. The Kier molecular flexibility index (Phi) is 5.27. The molecule has 0 spiro atoms. The summed E-state index contributed by atoms with van der Waals surface area (Å²) in [6.07, 6.45) is 5.18. The highest BCUT2D eigenvalue weighted by Gasteiger charge is 2.17. The van der Waals surface area contributed by atoms with Crippen molar-refractivity contribution < 1.29 is 4.74 Å². The number of aryl methyl sites for hydroxylation is 1. The third-order valence-corrected chi connectivity index (χ3v) is 5.35. The summed E-state index contributed by atoms with van der Waals surface area (Å²) in [5.41, 5.74) is 3.63. The van der Waals surface area contributed by atoms with Crippen LogP contribution in [0.5, 0.6) is 5.75 Å². The summed E-state index contributed by atoms with van der Waals surface area (Å²) < 4.78 is 10.6. The molecule has 0 unspecified atom stereocenters. The van der Waals surface area contributed by atoms with Crippen molar-refractivity contribution in [2.24, 2.45) is 0 Å². The molecule has 0 aliphatic rings. The van der Waals surface area contributed by atoms with Crippen LogP contribution in [0.3, 0.4) is 0 Å². The number of benzene rings is 2. The van der Waals surface area contributed by atoms with Crippen molar-refractivity contribution >= 4 is 11.6 Å². The average Bonchev–Trinajstić information content (AvgIpc) is 3.49. The second kappa shape index (κ2) is 8.40. The van der Waals surface area contributed by atoms with Crippen LogP contribution in [0, 0.1) is 6.92 Å². The molecule has 9 heteroatoms. The number of ether oxygens (including phenoxy) is 1. The zero-order chi connectivity index (χ0) is 22.9. The van der Waals surface area contributed by atoms with E-state index >= 15 is 0 Å². The Balaban J connectivity index is 1.63. The van der Waals surface area contributed by atoms with Gasteiger partial charge in [-0.1, -0.05) is 17.7 Å². The zero-order valence-corrected chi connectivity index (χ0v) is 18.6. The molecule has 0 aliphatic carbocycles. The number of halogens is 1. The van der Waals surface area contributed by atoms with Crippen molar-refractivity contribution in [2.75, 3.05) is 7.11 Å². The molecule has 0 aliphatic heterocycles. The standard InChI is InChI=1S/C24H19ClN6O2/c1-16-13-21(31(27-16)19-6-3-5-17(25)14-19)24-22(32)9-12-30(28-24)20-8-7-18(15-23(20)33-2)29-11-4-10-26-29/h3-15H,1-2H3. The van der Waals surface area contributed by atoms with Crippen LogP contribution in [0.1, 0.15) is 5.69 Å². The third-order valence-electron chi connectivity index (χ3n) is 5.11. The van der Waals surface area contributed by atoms with E-state index in [1.165, 1.54) is 6.07 Å². The van der Waals surface area contributed by atoms with Crippen LogP contribution in [-0.2, 0) is 0 Å². The molecule has 5 aromatic rings. The van der Waals surface area contributed by atoms with Gasteiger partial charge in [-0.05, 0) is 49.4 Å². The summed E-state index contributed by atoms with van der Waals surface area (Å²) in [4.78, 5) is 12.8. The Morgan fingerprint density at radius 3 is 2.55 bits per heavy atom. The molecule has 0 fully saturated rings. The molecule has 0 atom stereocenters. The van der Waals surface area contributed by atoms with Crippen molar-refractivity contribution in [1.82, 2.24) is 29.3 Å². The molecule has 3 aromatic heterocycles. The van der Waals surface area contributed by atoms with Crippen molar-refractivity contribution in [3.8, 4) is 34.2 Å². The molecule has 0 bridgehead atoms. The molecular weight excluding hydrogens is 440 g/mol. The topological polar surface area (TPSA) is 79.8 Å². The van der Waals surface area contributed by atoms with E-state index in [2.05, 4.69) is 15.3 Å². The van der Waals surface area contributed by atoms with Crippen LogP contribution < -0.4 is 10.2 Å². The second-order valence-corrected chi connectivity index (χ2v) is 7.78. The number of methoxy groups -OCH3 is 1. The SMILES string of the molecule is COc1cc(-n2cccn2)ccc1-n1ccc(=O)c(-c2cc(C)nn2-c2cccc(Cl)c2)n1. The van der Waals surface area contributed by atoms with Crippen LogP contribution in [0.4, 0.5) is 0 Å². The minimum Gasteiger partial charge on any atom is -0.494 e. The summed E-state index contributed by atoms with van der Waals surface area (Å²) >= 11 is 6.18. The Morgan fingerprint density at radius 2 is 1.79 bits per heavy atom. The molecule has 2 aromatic carbocycles. The van der Waals surface area contributed by atoms with E-state index in [0.717, 1.165) is 17.1 Å². The van der Waals surface area contributed by atoms with Crippen LogP contribution in [0.15, 0.2) is 84.0 Å². The van der Waals surface area contributed by atoms with E-state index in [0.29, 0.717) is 22.2 Å². The molecule has 164 valence electrons. The molecular formula is C24H19ClN6O2. The lowest BCUT2D eigenvalue weighted by atomic mass is 10.2. The van der Waals surface area contributed by atoms with Gasteiger partial charge in [0.25, 0.3) is 0 Å². The fourth-order valence-electron chi connectivity index (χ4n) is 3.61. The van der Waals surface area contributed by atoms with Crippen molar-refractivity contribution in [3.05, 3.63) is 100 Å². The van der Waals surface area contributed by atoms with Crippen LogP contribution in [-0.4, -0.2) is 36.5 Å². The molecule has 3 heterocycles. The van der Waals surface area contributed by atoms with Gasteiger partial charge in [0, 0.05) is 35.7 Å². The normalized spacial score (nSPS) is 11.0. The quantitative estimate of drug-likeness (QED) is 0.393. The number of hydrogen-bond donors (Lipinski definition) is 0. The summed E-state index contributed by atoms with van der Waals surface area (Å²) in [5, 5.41) is 14.0. The summed E-state index contributed by atoms with van der Waals surface area (Å²) in [6.45, 7) is 1.86. The van der Waals surface area contributed by atoms with Crippen LogP contribution >= 0.6 is 11.6 Å². The van der Waals surface area contributed by atoms with Gasteiger partial charge in [0.1, 0.15) is 11.4 Å². The van der Waals surface area contributed by atoms with Crippen molar-refractivity contribution in [3.63, 3.8) is 0 Å². The van der Waals surface area contributed by atoms with Gasteiger partial charge in [-0.25, -0.2) is 14.0 Å². The Labute approximate surface area is 194 Å². The van der Waals surface area contributed by atoms with E-state index in [4.69, 9.17) is 16.3 Å². The predicted molar refractivity (Wildman–Crippen MR) is 126 cm³/mol. The lowest BCUT2D eigenvalue weighted by Crippen LogP contribution is -2.15. The van der Waals surface area contributed by atoms with Gasteiger partial charge in [-0.3, -0.25) is 4.79 Å². The fraction of sp³-hybridized carbons (Fsp3) is 0.0833. The molecule has 5 rings (SSSR count). The first kappa shape index (κ1) is 20.7. The van der Waals surface area contributed by atoms with Gasteiger partial charge >= 0.3 is 0 Å². The zero-order valence-electron chi connectivity index (χ0n) is 17.9. The summed E-state index contributed by atoms with van der Waals surface area (Å²) in [7, 11) is 1.59. The van der Waals surface area contributed by atoms with E-state index < -0.39 is 0 Å². The Morgan fingerprint density at radius 1 is 0.909 bits per heavy atom. The van der Waals surface area contributed by atoms with Gasteiger partial charge < -0.3 is 4.74 Å². The maximum absolute atomic E-state index is 12.8. The molecule has 0 N–H and O–H groups in total. The smallest absolute Gasteiger partial charge is 0.209 e. The van der Waals surface area contributed by atoms with Gasteiger partial charge in [0.15, 0.2) is 5.69 Å². The fourth-order valence-corrected chi connectivity index (χ4v) is 3.80. The van der Waals surface area contributed by atoms with Gasteiger partial charge in [0.2, 0.25) is 5.43 Å². The Bertz CT molecular complexity index is 1500. The molecule has 33 heavy (non-hydrogen) atoms. The number of hydrogen-bond acceptors (Lipinski definition) is 5. The van der Waals surface area contributed by atoms with Gasteiger partial charge in [-0.15, -0.1) is 0 Å². The molecule has 8 nitrogen and oxygen atoms in total. The largest absolute Gasteiger partial charge is 0.494 e. The highest BCUT2D eigenvalue weighted by molar-refractivity contribution is 6.30. The number of nitrogens with zero attached hydrogens (tertiary/aromatic N) is 6. The molecule has 0 saturated carbocycles. The van der Waals surface area contributed by atoms with Gasteiger partial charge in [-0.2, -0.15) is 15.3 Å². The highest BCUT2D eigenvalue weighted by atomic mass is 35.5. The minimum absolute atomic E-state index is 0.221. The monoisotopic (exact) mass is 458 g/mol. The van der Waals surface area contributed by atoms with Crippen LogP contribution in [0.2, 0.25) is 5.02 Å². The lowest BCUT2D eigenvalue weighted by Gasteiger charge is -2.14. The Hall–Kier alpha value is -4.17. The first-order chi connectivity index (χ1) is 16.0. The van der Waals surface area contributed by atoms with E-state index in [-0.39, 0.29) is 11.1 Å².